The maximum Gasteiger partial charge on any atom is 0.272 e. The smallest absolute Gasteiger partial charge is 0.272 e. The zero-order chi connectivity index (χ0) is 13.9. The molecule has 4 nitrogen and oxygen atoms in total. The first-order valence-electron chi connectivity index (χ1n) is 6.60. The Hall–Kier alpha value is -1.46. The number of aromatic nitrogens is 1. The summed E-state index contributed by atoms with van der Waals surface area (Å²) in [6.07, 6.45) is 0.0631. The molecule has 2 aromatic rings. The Balaban J connectivity index is 1.84. The second-order valence-electron chi connectivity index (χ2n) is 4.79. The van der Waals surface area contributed by atoms with Crippen molar-refractivity contribution in [2.75, 3.05) is 25.0 Å². The summed E-state index contributed by atoms with van der Waals surface area (Å²) < 4.78 is 5.55. The van der Waals surface area contributed by atoms with E-state index < -0.39 is 0 Å². The van der Waals surface area contributed by atoms with Crippen LogP contribution in [0.4, 0.5) is 0 Å². The first kappa shape index (κ1) is 13.5. The first-order valence-corrected chi connectivity index (χ1v) is 7.73. The lowest BCUT2D eigenvalue weighted by Gasteiger charge is -2.31. The number of carbonyl (C=O) groups is 1. The van der Waals surface area contributed by atoms with Crippen molar-refractivity contribution in [1.29, 1.82) is 0 Å². The van der Waals surface area contributed by atoms with Crippen LogP contribution in [0.3, 0.4) is 0 Å². The molecule has 1 saturated heterocycles. The lowest BCUT2D eigenvalue weighted by molar-refractivity contribution is -0.00985. The number of hydrogen-bond donors (Lipinski definition) is 0. The second-order valence-corrected chi connectivity index (χ2v) is 5.43. The third kappa shape index (κ3) is 2.69. The number of benzene rings is 1. The molecule has 0 radical (unpaired) electrons. The van der Waals surface area contributed by atoms with Gasteiger partial charge in [0, 0.05) is 23.8 Å². The Labute approximate surface area is 125 Å². The predicted octanol–water partition coefficient (Wildman–Crippen LogP) is 2.47. The summed E-state index contributed by atoms with van der Waals surface area (Å²) in [6.45, 7) is 1.81. The first-order chi connectivity index (χ1) is 9.78. The monoisotopic (exact) mass is 334 g/mol. The van der Waals surface area contributed by atoms with E-state index in [-0.39, 0.29) is 12.0 Å². The lowest BCUT2D eigenvalue weighted by atomic mass is 10.2. The van der Waals surface area contributed by atoms with Crippen LogP contribution in [0.5, 0.6) is 0 Å². The molecule has 20 heavy (non-hydrogen) atoms. The van der Waals surface area contributed by atoms with Gasteiger partial charge in [-0.2, -0.15) is 0 Å². The van der Waals surface area contributed by atoms with Crippen LogP contribution in [-0.4, -0.2) is 46.9 Å². The minimum Gasteiger partial charge on any atom is -0.374 e. The average Bonchev–Trinajstić information content (AvgIpc) is 2.53. The van der Waals surface area contributed by atoms with Gasteiger partial charge in [0.25, 0.3) is 5.91 Å². The molecule has 104 valence electrons. The molecular weight excluding hydrogens is 320 g/mol. The van der Waals surface area contributed by atoms with Crippen LogP contribution in [0.25, 0.3) is 10.9 Å². The molecule has 1 fully saturated rings. The maximum atomic E-state index is 12.5. The van der Waals surface area contributed by atoms with Crippen molar-refractivity contribution in [1.82, 2.24) is 9.88 Å². The molecule has 1 aliphatic rings. The van der Waals surface area contributed by atoms with Gasteiger partial charge in [0.1, 0.15) is 5.69 Å². The van der Waals surface area contributed by atoms with Gasteiger partial charge in [-0.25, -0.2) is 4.98 Å². The summed E-state index contributed by atoms with van der Waals surface area (Å²) in [5, 5.41) is 1.78. The Kier molecular flexibility index (Phi) is 3.98. The highest BCUT2D eigenvalue weighted by Gasteiger charge is 2.25. The van der Waals surface area contributed by atoms with E-state index in [0.29, 0.717) is 25.4 Å². The van der Waals surface area contributed by atoms with Gasteiger partial charge in [0.15, 0.2) is 0 Å². The summed E-state index contributed by atoms with van der Waals surface area (Å²) in [5.74, 6) is -0.0231. The highest BCUT2D eigenvalue weighted by molar-refractivity contribution is 9.09. The van der Waals surface area contributed by atoms with Crippen LogP contribution in [-0.2, 0) is 4.74 Å². The zero-order valence-corrected chi connectivity index (χ0v) is 12.5. The molecule has 5 heteroatoms. The van der Waals surface area contributed by atoms with Crippen LogP contribution in [0, 0.1) is 0 Å². The van der Waals surface area contributed by atoms with E-state index >= 15 is 0 Å². The lowest BCUT2D eigenvalue weighted by Crippen LogP contribution is -2.46. The quantitative estimate of drug-likeness (QED) is 0.792. The van der Waals surface area contributed by atoms with Gasteiger partial charge in [-0.05, 0) is 12.1 Å². The van der Waals surface area contributed by atoms with Crippen LogP contribution < -0.4 is 0 Å². The van der Waals surface area contributed by atoms with Gasteiger partial charge in [-0.1, -0.05) is 40.2 Å². The number of pyridine rings is 1. The molecule has 1 aliphatic heterocycles. The molecule has 0 spiro atoms. The Morgan fingerprint density at radius 1 is 1.35 bits per heavy atom. The maximum absolute atomic E-state index is 12.5. The van der Waals surface area contributed by atoms with E-state index in [0.717, 1.165) is 16.2 Å². The van der Waals surface area contributed by atoms with Gasteiger partial charge in [-0.15, -0.1) is 0 Å². The molecular formula is C15H15BrN2O2. The highest BCUT2D eigenvalue weighted by Crippen LogP contribution is 2.15. The number of fused-ring (bicyclic) bond motifs is 1. The second kappa shape index (κ2) is 5.89. The van der Waals surface area contributed by atoms with Gasteiger partial charge >= 0.3 is 0 Å². The average molecular weight is 335 g/mol. The molecule has 1 atom stereocenters. The van der Waals surface area contributed by atoms with E-state index in [1.807, 2.05) is 35.2 Å². The van der Waals surface area contributed by atoms with Gasteiger partial charge < -0.3 is 9.64 Å². The number of alkyl halides is 1. The largest absolute Gasteiger partial charge is 0.374 e. The molecule has 0 bridgehead atoms. The van der Waals surface area contributed by atoms with Crippen LogP contribution in [0.1, 0.15) is 10.5 Å². The Morgan fingerprint density at radius 2 is 2.20 bits per heavy atom. The number of rotatable bonds is 2. The van der Waals surface area contributed by atoms with E-state index in [9.17, 15) is 4.79 Å². The van der Waals surface area contributed by atoms with Crippen molar-refractivity contribution >= 4 is 32.7 Å². The zero-order valence-electron chi connectivity index (χ0n) is 11.0. The molecule has 1 unspecified atom stereocenters. The standard InChI is InChI=1S/C15H15BrN2O2/c16-9-12-10-18(7-8-20-12)15(19)14-6-5-11-3-1-2-4-13(11)17-14/h1-6,12H,7-10H2. The normalized spacial score (nSPS) is 19.2. The van der Waals surface area contributed by atoms with Crippen molar-refractivity contribution < 1.29 is 9.53 Å². The number of ether oxygens (including phenoxy) is 1. The fraction of sp³-hybridized carbons (Fsp3) is 0.333. The summed E-state index contributed by atoms with van der Waals surface area (Å²) in [6, 6.07) is 11.5. The highest BCUT2D eigenvalue weighted by atomic mass is 79.9. The summed E-state index contributed by atoms with van der Waals surface area (Å²) in [7, 11) is 0. The minimum absolute atomic E-state index is 0.0231. The third-order valence-electron chi connectivity index (χ3n) is 3.42. The van der Waals surface area contributed by atoms with Gasteiger partial charge in [0.05, 0.1) is 18.2 Å². The van der Waals surface area contributed by atoms with E-state index in [2.05, 4.69) is 20.9 Å². The molecule has 0 saturated carbocycles. The number of para-hydroxylation sites is 1. The van der Waals surface area contributed by atoms with Crippen molar-refractivity contribution in [3.63, 3.8) is 0 Å². The fourth-order valence-electron chi connectivity index (χ4n) is 2.34. The third-order valence-corrected chi connectivity index (χ3v) is 4.14. The molecule has 1 amide bonds. The number of carbonyl (C=O) groups excluding carboxylic acids is 1. The molecule has 1 aromatic heterocycles. The minimum atomic E-state index is -0.0231. The van der Waals surface area contributed by atoms with Crippen molar-refractivity contribution in [2.24, 2.45) is 0 Å². The number of morpholine rings is 1. The van der Waals surface area contributed by atoms with E-state index in [1.165, 1.54) is 0 Å². The number of amides is 1. The van der Waals surface area contributed by atoms with Gasteiger partial charge in [0.2, 0.25) is 0 Å². The molecule has 2 heterocycles. The van der Waals surface area contributed by atoms with Gasteiger partial charge in [-0.3, -0.25) is 4.79 Å². The topological polar surface area (TPSA) is 42.4 Å². The molecule has 3 rings (SSSR count). The predicted molar refractivity (Wildman–Crippen MR) is 81.2 cm³/mol. The fourth-order valence-corrected chi connectivity index (χ4v) is 2.74. The number of halogens is 1. The van der Waals surface area contributed by atoms with E-state index in [4.69, 9.17) is 4.74 Å². The number of nitrogens with zero attached hydrogens (tertiary/aromatic N) is 2. The Bertz CT molecular complexity index is 632. The van der Waals surface area contributed by atoms with Crippen molar-refractivity contribution in [2.45, 2.75) is 6.10 Å². The summed E-state index contributed by atoms with van der Waals surface area (Å²) >= 11 is 3.40. The van der Waals surface area contributed by atoms with Crippen molar-refractivity contribution in [3.05, 3.63) is 42.1 Å². The van der Waals surface area contributed by atoms with Crippen LogP contribution in [0.2, 0.25) is 0 Å². The molecule has 1 aromatic carbocycles. The van der Waals surface area contributed by atoms with Crippen LogP contribution >= 0.6 is 15.9 Å². The van der Waals surface area contributed by atoms with E-state index in [1.54, 1.807) is 6.07 Å². The van der Waals surface area contributed by atoms with Crippen LogP contribution in [0.15, 0.2) is 36.4 Å². The summed E-state index contributed by atoms with van der Waals surface area (Å²) in [4.78, 5) is 18.8. The SMILES string of the molecule is O=C(c1ccc2ccccc2n1)N1CCOC(CBr)C1. The summed E-state index contributed by atoms with van der Waals surface area (Å²) in [5.41, 5.74) is 1.35. The molecule has 0 aliphatic carbocycles. The number of hydrogen-bond acceptors (Lipinski definition) is 3. The molecule has 0 N–H and O–H groups in total. The Morgan fingerprint density at radius 3 is 3.05 bits per heavy atom. The van der Waals surface area contributed by atoms with Crippen molar-refractivity contribution in [3.8, 4) is 0 Å².